The number of phenols is 1. The van der Waals surface area contributed by atoms with Gasteiger partial charge >= 0.3 is 0 Å². The molecule has 3 aromatic carbocycles. The van der Waals surface area contributed by atoms with Crippen LogP contribution in [0.15, 0.2) is 65.1 Å². The molecule has 160 valence electrons. The number of hydrogen-bond acceptors (Lipinski definition) is 4. The number of phenolic OH excluding ortho intramolecular Hbond substituents is 1. The van der Waals surface area contributed by atoms with Crippen LogP contribution in [0.1, 0.15) is 32.6 Å². The topological polar surface area (TPSA) is 61.8 Å². The van der Waals surface area contributed by atoms with Crippen molar-refractivity contribution in [2.45, 2.75) is 26.1 Å². The van der Waals surface area contributed by atoms with E-state index in [0.29, 0.717) is 17.9 Å². The van der Waals surface area contributed by atoms with Gasteiger partial charge in [-0.25, -0.2) is 0 Å². The Balaban J connectivity index is 1.44. The molecular formula is C25H25BrN2O3. The molecule has 0 aromatic heterocycles. The summed E-state index contributed by atoms with van der Waals surface area (Å²) in [4.78, 5) is 14.9. The Bertz CT molecular complexity index is 1100. The molecule has 0 fully saturated rings. The molecular weight excluding hydrogens is 456 g/mol. The number of methoxy groups -OCH3 is 1. The van der Waals surface area contributed by atoms with E-state index in [0.717, 1.165) is 41.7 Å². The van der Waals surface area contributed by atoms with Crippen LogP contribution in [0.2, 0.25) is 0 Å². The number of hydrogen-bond donors (Lipinski definition) is 2. The molecule has 1 aliphatic heterocycles. The van der Waals surface area contributed by atoms with E-state index in [1.54, 1.807) is 13.2 Å². The highest BCUT2D eigenvalue weighted by Crippen LogP contribution is 2.32. The average molecular weight is 481 g/mol. The summed E-state index contributed by atoms with van der Waals surface area (Å²) in [6, 6.07) is 19.4. The van der Waals surface area contributed by atoms with Gasteiger partial charge in [-0.05, 0) is 68.9 Å². The summed E-state index contributed by atoms with van der Waals surface area (Å²) in [6.45, 7) is 2.95. The van der Waals surface area contributed by atoms with Gasteiger partial charge in [-0.15, -0.1) is 0 Å². The second-order valence-corrected chi connectivity index (χ2v) is 8.54. The molecule has 0 unspecified atom stereocenters. The lowest BCUT2D eigenvalue weighted by Gasteiger charge is -2.30. The number of nitrogens with one attached hydrogen (secondary N) is 1. The highest BCUT2D eigenvalue weighted by Gasteiger charge is 2.20. The molecule has 31 heavy (non-hydrogen) atoms. The highest BCUT2D eigenvalue weighted by molar-refractivity contribution is 9.10. The third-order valence-corrected chi connectivity index (χ3v) is 6.35. The lowest BCUT2D eigenvalue weighted by atomic mass is 9.97. The van der Waals surface area contributed by atoms with Gasteiger partial charge in [0.15, 0.2) is 11.5 Å². The Morgan fingerprint density at radius 1 is 1.10 bits per heavy atom. The number of carbonyl (C=O) groups excluding carboxylic acids is 1. The van der Waals surface area contributed by atoms with Crippen molar-refractivity contribution in [3.63, 3.8) is 0 Å². The third-order valence-electron chi connectivity index (χ3n) is 5.66. The zero-order valence-electron chi connectivity index (χ0n) is 17.4. The molecule has 0 aliphatic carbocycles. The van der Waals surface area contributed by atoms with Gasteiger partial charge in [0.1, 0.15) is 0 Å². The molecule has 1 aliphatic rings. The molecule has 4 rings (SSSR count). The predicted molar refractivity (Wildman–Crippen MR) is 124 cm³/mol. The fourth-order valence-electron chi connectivity index (χ4n) is 3.97. The van der Waals surface area contributed by atoms with E-state index >= 15 is 0 Å². The van der Waals surface area contributed by atoms with Crippen LogP contribution in [0.5, 0.6) is 11.5 Å². The molecule has 0 spiro atoms. The maximum atomic E-state index is 12.6. The largest absolute Gasteiger partial charge is 0.504 e. The molecule has 6 heteroatoms. The van der Waals surface area contributed by atoms with Gasteiger partial charge in [0.05, 0.1) is 12.7 Å². The molecule has 3 aromatic rings. The first-order valence-corrected chi connectivity index (χ1v) is 11.0. The van der Waals surface area contributed by atoms with E-state index in [2.05, 4.69) is 38.3 Å². The second-order valence-electron chi connectivity index (χ2n) is 7.68. The van der Waals surface area contributed by atoms with Crippen molar-refractivity contribution < 1.29 is 14.6 Å². The van der Waals surface area contributed by atoms with Gasteiger partial charge in [0.25, 0.3) is 5.91 Å². The lowest BCUT2D eigenvalue weighted by Crippen LogP contribution is -2.31. The Hall–Kier alpha value is -2.83. The molecule has 0 radical (unpaired) electrons. The van der Waals surface area contributed by atoms with Crippen molar-refractivity contribution in [2.75, 3.05) is 13.7 Å². The number of halogens is 1. The SMILES string of the molecule is COc1cc2c(cc1O)CN(Cc1ccccc1CNC(=O)c1ccccc1Br)CC2. The Labute approximate surface area is 190 Å². The summed E-state index contributed by atoms with van der Waals surface area (Å²) in [5.41, 5.74) is 5.27. The standard InChI is InChI=1S/C25H25BrN2O3/c1-31-24-13-17-10-11-28(16-20(17)12-23(24)29)15-19-7-3-2-6-18(19)14-27-25(30)21-8-4-5-9-22(21)26/h2-9,12-13,29H,10-11,14-16H2,1H3,(H,27,30). The van der Waals surface area contributed by atoms with Gasteiger partial charge in [0.2, 0.25) is 0 Å². The Morgan fingerprint density at radius 3 is 2.61 bits per heavy atom. The van der Waals surface area contributed by atoms with Gasteiger partial charge in [-0.2, -0.15) is 0 Å². The van der Waals surface area contributed by atoms with Crippen LogP contribution in [-0.4, -0.2) is 29.6 Å². The quantitative estimate of drug-likeness (QED) is 0.538. The van der Waals surface area contributed by atoms with Crippen LogP contribution in [0.4, 0.5) is 0 Å². The first-order chi connectivity index (χ1) is 15.0. The Kier molecular flexibility index (Phi) is 6.59. The molecule has 2 N–H and O–H groups in total. The van der Waals surface area contributed by atoms with Crippen molar-refractivity contribution in [2.24, 2.45) is 0 Å². The van der Waals surface area contributed by atoms with Crippen molar-refractivity contribution in [3.05, 3.63) is 93.0 Å². The number of fused-ring (bicyclic) bond motifs is 1. The van der Waals surface area contributed by atoms with Crippen LogP contribution < -0.4 is 10.1 Å². The van der Waals surface area contributed by atoms with Gasteiger partial charge in [-0.3, -0.25) is 9.69 Å². The fraction of sp³-hybridized carbons (Fsp3) is 0.240. The molecule has 1 amide bonds. The minimum atomic E-state index is -0.0985. The van der Waals surface area contributed by atoms with Crippen molar-refractivity contribution in [1.82, 2.24) is 10.2 Å². The summed E-state index contributed by atoms with van der Waals surface area (Å²) in [6.07, 6.45) is 0.910. The number of amides is 1. The zero-order chi connectivity index (χ0) is 21.8. The van der Waals surface area contributed by atoms with Crippen LogP contribution in [0, 0.1) is 0 Å². The number of ether oxygens (including phenoxy) is 1. The van der Waals surface area contributed by atoms with Crippen molar-refractivity contribution >= 4 is 21.8 Å². The molecule has 0 saturated heterocycles. The van der Waals surface area contributed by atoms with Gasteiger partial charge < -0.3 is 15.2 Å². The Morgan fingerprint density at radius 2 is 1.84 bits per heavy atom. The molecule has 0 saturated carbocycles. The van der Waals surface area contributed by atoms with E-state index in [1.165, 1.54) is 11.1 Å². The lowest BCUT2D eigenvalue weighted by molar-refractivity contribution is 0.0950. The van der Waals surface area contributed by atoms with Crippen LogP contribution >= 0.6 is 15.9 Å². The molecule has 0 atom stereocenters. The highest BCUT2D eigenvalue weighted by atomic mass is 79.9. The second kappa shape index (κ2) is 9.54. The minimum absolute atomic E-state index is 0.0985. The smallest absolute Gasteiger partial charge is 0.252 e. The van der Waals surface area contributed by atoms with Crippen molar-refractivity contribution in [1.29, 1.82) is 0 Å². The normalized spacial score (nSPS) is 13.5. The van der Waals surface area contributed by atoms with Crippen LogP contribution in [0.3, 0.4) is 0 Å². The number of benzene rings is 3. The summed E-state index contributed by atoms with van der Waals surface area (Å²) < 4.78 is 6.02. The van der Waals surface area contributed by atoms with Crippen LogP contribution in [-0.2, 0) is 26.1 Å². The average Bonchev–Trinajstić information content (AvgIpc) is 2.78. The molecule has 1 heterocycles. The summed E-state index contributed by atoms with van der Waals surface area (Å²) in [5, 5.41) is 13.2. The number of rotatable bonds is 6. The van der Waals surface area contributed by atoms with E-state index in [1.807, 2.05) is 42.5 Å². The number of nitrogens with zero attached hydrogens (tertiary/aromatic N) is 1. The number of aromatic hydroxyl groups is 1. The summed E-state index contributed by atoms with van der Waals surface area (Å²) >= 11 is 3.44. The van der Waals surface area contributed by atoms with E-state index < -0.39 is 0 Å². The third kappa shape index (κ3) is 4.92. The monoisotopic (exact) mass is 480 g/mol. The molecule has 0 bridgehead atoms. The van der Waals surface area contributed by atoms with E-state index in [-0.39, 0.29) is 11.7 Å². The first kappa shape index (κ1) is 21.4. The predicted octanol–water partition coefficient (Wildman–Crippen LogP) is 4.65. The number of carbonyl (C=O) groups is 1. The van der Waals surface area contributed by atoms with E-state index in [4.69, 9.17) is 4.74 Å². The van der Waals surface area contributed by atoms with Crippen LogP contribution in [0.25, 0.3) is 0 Å². The maximum Gasteiger partial charge on any atom is 0.252 e. The van der Waals surface area contributed by atoms with Gasteiger partial charge in [0, 0.05) is 30.7 Å². The zero-order valence-corrected chi connectivity index (χ0v) is 19.0. The van der Waals surface area contributed by atoms with Crippen molar-refractivity contribution in [3.8, 4) is 11.5 Å². The minimum Gasteiger partial charge on any atom is -0.504 e. The van der Waals surface area contributed by atoms with E-state index in [9.17, 15) is 9.90 Å². The molecule has 5 nitrogen and oxygen atoms in total. The fourth-order valence-corrected chi connectivity index (χ4v) is 4.44. The summed E-state index contributed by atoms with van der Waals surface area (Å²) in [7, 11) is 1.57. The van der Waals surface area contributed by atoms with Gasteiger partial charge in [-0.1, -0.05) is 36.4 Å². The summed E-state index contributed by atoms with van der Waals surface area (Å²) in [5.74, 6) is 0.607. The maximum absolute atomic E-state index is 12.6. The first-order valence-electron chi connectivity index (χ1n) is 10.3.